The summed E-state index contributed by atoms with van der Waals surface area (Å²) in [6.45, 7) is 0.214. The van der Waals surface area contributed by atoms with Crippen molar-refractivity contribution in [3.05, 3.63) is 29.8 Å². The minimum atomic E-state index is -1.53. The SMILES string of the molecule is C[C@H](NC(=O)[C@H](CCCN(O)C=O)NC(=O)[C@H](CO)NC(=O)[C@@H]1COC(c2ccccc2O)=N1)C(=O)N[C@@H]1CCCN(O)C1=O. The summed E-state index contributed by atoms with van der Waals surface area (Å²) in [6, 6.07) is 0.0439. The van der Waals surface area contributed by atoms with Gasteiger partial charge in [0.05, 0.1) is 12.2 Å². The van der Waals surface area contributed by atoms with Crippen LogP contribution < -0.4 is 21.3 Å². The molecule has 18 nitrogen and oxygen atoms in total. The average molecular weight is 636 g/mol. The standard InChI is InChI=1S/C27H37N7O11/c1-15(22(38)30-18-8-5-11-34(44)27(18)42)28-23(39)17(7-4-10-33(43)14-36)29-24(40)19(12-35)31-25(41)20-13-45-26(32-20)16-6-2-3-9-21(16)37/h2-3,6,9,14-15,17-20,35,37,43-44H,4-5,7-8,10-13H2,1H3,(H,28,39)(H,29,40)(H,30,38)(H,31,41)/t15-,17-,18+,19-,20-/m0/s1. The predicted molar refractivity (Wildman–Crippen MR) is 151 cm³/mol. The van der Waals surface area contributed by atoms with Crippen LogP contribution in [0.2, 0.25) is 0 Å². The van der Waals surface area contributed by atoms with E-state index in [-0.39, 0.29) is 62.6 Å². The molecule has 0 aromatic heterocycles. The number of carbonyl (C=O) groups excluding carboxylic acids is 6. The average Bonchev–Trinajstić information content (AvgIpc) is 3.51. The van der Waals surface area contributed by atoms with E-state index in [1.54, 1.807) is 12.1 Å². The van der Waals surface area contributed by atoms with Crippen molar-refractivity contribution in [3.63, 3.8) is 0 Å². The van der Waals surface area contributed by atoms with Gasteiger partial charge in [0, 0.05) is 13.1 Å². The van der Waals surface area contributed by atoms with Gasteiger partial charge < -0.3 is 36.2 Å². The van der Waals surface area contributed by atoms with Crippen LogP contribution >= 0.6 is 0 Å². The van der Waals surface area contributed by atoms with E-state index in [0.717, 1.165) is 0 Å². The number of benzene rings is 1. The van der Waals surface area contributed by atoms with Crippen molar-refractivity contribution in [2.45, 2.75) is 62.8 Å². The first-order valence-electron chi connectivity index (χ1n) is 14.2. The smallest absolute Gasteiger partial charge is 0.268 e. The van der Waals surface area contributed by atoms with E-state index in [4.69, 9.17) is 4.74 Å². The fourth-order valence-corrected chi connectivity index (χ4v) is 4.49. The Bertz CT molecular complexity index is 1290. The van der Waals surface area contributed by atoms with E-state index in [1.807, 2.05) is 0 Å². The summed E-state index contributed by atoms with van der Waals surface area (Å²) in [4.78, 5) is 78.6. The molecule has 6 amide bonds. The van der Waals surface area contributed by atoms with E-state index < -0.39 is 66.4 Å². The highest BCUT2D eigenvalue weighted by Gasteiger charge is 2.34. The number of aliphatic hydroxyl groups excluding tert-OH is 1. The number of para-hydroxylation sites is 1. The number of hydroxylamine groups is 4. The van der Waals surface area contributed by atoms with Crippen LogP contribution in [-0.2, 0) is 33.5 Å². The molecule has 1 saturated heterocycles. The Morgan fingerprint density at radius 2 is 1.84 bits per heavy atom. The fourth-order valence-electron chi connectivity index (χ4n) is 4.49. The van der Waals surface area contributed by atoms with Gasteiger partial charge in [-0.3, -0.25) is 39.2 Å². The molecule has 8 N–H and O–H groups in total. The number of hydrogen-bond donors (Lipinski definition) is 8. The number of aliphatic imine (C=N–C) groups is 1. The summed E-state index contributed by atoms with van der Waals surface area (Å²) in [5.41, 5.74) is 0.262. The van der Waals surface area contributed by atoms with Crippen LogP contribution in [-0.4, -0.2) is 129 Å². The van der Waals surface area contributed by atoms with Crippen LogP contribution in [0.15, 0.2) is 29.3 Å². The van der Waals surface area contributed by atoms with Gasteiger partial charge in [0.25, 0.3) is 5.91 Å². The van der Waals surface area contributed by atoms with Gasteiger partial charge in [-0.15, -0.1) is 0 Å². The van der Waals surface area contributed by atoms with Gasteiger partial charge >= 0.3 is 0 Å². The molecule has 2 aliphatic rings. The molecule has 3 rings (SSSR count). The predicted octanol–water partition coefficient (Wildman–Crippen LogP) is -2.87. The molecule has 246 valence electrons. The van der Waals surface area contributed by atoms with Crippen molar-refractivity contribution in [1.82, 2.24) is 31.4 Å². The Labute approximate surface area is 257 Å². The number of rotatable bonds is 15. The highest BCUT2D eigenvalue weighted by molar-refractivity contribution is 6.01. The van der Waals surface area contributed by atoms with Crippen LogP contribution in [0.3, 0.4) is 0 Å². The second-order valence-electron chi connectivity index (χ2n) is 10.4. The molecule has 0 radical (unpaired) electrons. The summed E-state index contributed by atoms with van der Waals surface area (Å²) < 4.78 is 5.41. The number of aliphatic hydroxyl groups is 1. The van der Waals surface area contributed by atoms with E-state index in [2.05, 4.69) is 26.3 Å². The largest absolute Gasteiger partial charge is 0.507 e. The molecule has 1 fully saturated rings. The first-order valence-corrected chi connectivity index (χ1v) is 14.2. The maximum absolute atomic E-state index is 13.1. The third kappa shape index (κ3) is 9.59. The van der Waals surface area contributed by atoms with Gasteiger partial charge in [0.1, 0.15) is 36.5 Å². The second-order valence-corrected chi connectivity index (χ2v) is 10.4. The lowest BCUT2D eigenvalue weighted by Crippen LogP contribution is -2.59. The van der Waals surface area contributed by atoms with E-state index in [1.165, 1.54) is 19.1 Å². The summed E-state index contributed by atoms with van der Waals surface area (Å²) >= 11 is 0. The minimum absolute atomic E-state index is 0.0166. The first kappa shape index (κ1) is 34.7. The molecule has 45 heavy (non-hydrogen) atoms. The minimum Gasteiger partial charge on any atom is -0.507 e. The maximum Gasteiger partial charge on any atom is 0.268 e. The molecule has 1 aromatic rings. The fraction of sp³-hybridized carbons (Fsp3) is 0.519. The third-order valence-corrected chi connectivity index (χ3v) is 7.02. The summed E-state index contributed by atoms with van der Waals surface area (Å²) in [5.74, 6) is -4.10. The Morgan fingerprint density at radius 1 is 1.13 bits per heavy atom. The van der Waals surface area contributed by atoms with Crippen molar-refractivity contribution < 1.29 is 54.1 Å². The number of nitrogens with zero attached hydrogens (tertiary/aromatic N) is 3. The molecule has 0 saturated carbocycles. The zero-order valence-electron chi connectivity index (χ0n) is 24.4. The van der Waals surface area contributed by atoms with Crippen LogP contribution in [0.5, 0.6) is 5.75 Å². The molecule has 0 unspecified atom stereocenters. The molecular formula is C27H37N7O11. The number of phenolic OH excluding ortho intramolecular Hbond substituents is 1. The second kappa shape index (κ2) is 16.3. The molecule has 1 aromatic carbocycles. The van der Waals surface area contributed by atoms with Crippen molar-refractivity contribution in [1.29, 1.82) is 0 Å². The number of carbonyl (C=O) groups is 6. The van der Waals surface area contributed by atoms with Crippen LogP contribution in [0.25, 0.3) is 0 Å². The van der Waals surface area contributed by atoms with Gasteiger partial charge in [-0.1, -0.05) is 12.1 Å². The summed E-state index contributed by atoms with van der Waals surface area (Å²) in [5, 5.41) is 49.3. The zero-order chi connectivity index (χ0) is 33.1. The van der Waals surface area contributed by atoms with Crippen molar-refractivity contribution in [2.24, 2.45) is 4.99 Å². The van der Waals surface area contributed by atoms with Crippen LogP contribution in [0, 0.1) is 0 Å². The Balaban J connectivity index is 1.63. The molecule has 0 bridgehead atoms. The van der Waals surface area contributed by atoms with E-state index in [0.29, 0.717) is 16.5 Å². The van der Waals surface area contributed by atoms with E-state index >= 15 is 0 Å². The van der Waals surface area contributed by atoms with Gasteiger partial charge in [0.15, 0.2) is 6.04 Å². The Morgan fingerprint density at radius 3 is 2.53 bits per heavy atom. The van der Waals surface area contributed by atoms with Gasteiger partial charge in [-0.25, -0.2) is 15.1 Å². The first-order chi connectivity index (χ1) is 21.4. The van der Waals surface area contributed by atoms with Crippen molar-refractivity contribution in [3.8, 4) is 5.75 Å². The van der Waals surface area contributed by atoms with Gasteiger partial charge in [-0.05, 0) is 44.7 Å². The highest BCUT2D eigenvalue weighted by Crippen LogP contribution is 2.21. The van der Waals surface area contributed by atoms with Gasteiger partial charge in [-0.2, -0.15) is 0 Å². The lowest BCUT2D eigenvalue weighted by molar-refractivity contribution is -0.173. The number of amides is 6. The molecule has 0 spiro atoms. The number of hydrogen-bond acceptors (Lipinski definition) is 12. The molecule has 2 aliphatic heterocycles. The van der Waals surface area contributed by atoms with Crippen LogP contribution in [0.1, 0.15) is 38.2 Å². The number of aromatic hydroxyl groups is 1. The van der Waals surface area contributed by atoms with Crippen molar-refractivity contribution in [2.75, 3.05) is 26.3 Å². The molecule has 18 heteroatoms. The molecule has 5 atom stereocenters. The quantitative estimate of drug-likeness (QED) is 0.0552. The van der Waals surface area contributed by atoms with Crippen molar-refractivity contribution >= 4 is 41.8 Å². The Kier molecular flexibility index (Phi) is 12.6. The monoisotopic (exact) mass is 635 g/mol. The molecular weight excluding hydrogens is 598 g/mol. The lowest BCUT2D eigenvalue weighted by Gasteiger charge is -2.29. The molecule has 0 aliphatic carbocycles. The maximum atomic E-state index is 13.1. The topological polar surface area (TPSA) is 260 Å². The number of phenols is 1. The Hall–Kier alpha value is -4.81. The zero-order valence-corrected chi connectivity index (χ0v) is 24.4. The normalized spacial score (nSPS) is 19.7. The summed E-state index contributed by atoms with van der Waals surface area (Å²) in [7, 11) is 0. The number of nitrogens with one attached hydrogen (secondary N) is 4. The molecule has 2 heterocycles. The van der Waals surface area contributed by atoms with E-state index in [9.17, 15) is 49.4 Å². The lowest BCUT2D eigenvalue weighted by atomic mass is 10.1. The van der Waals surface area contributed by atoms with Crippen LogP contribution in [0.4, 0.5) is 0 Å². The van der Waals surface area contributed by atoms with Gasteiger partial charge in [0.2, 0.25) is 35.9 Å². The number of piperidine rings is 1. The third-order valence-electron chi connectivity index (χ3n) is 7.02. The number of ether oxygens (including phenoxy) is 1. The summed E-state index contributed by atoms with van der Waals surface area (Å²) in [6.07, 6.45) is 0.783. The highest BCUT2D eigenvalue weighted by atomic mass is 16.5.